The number of β-amino-alcohol motifs (C(OH)–C–C–N with tert-alkyl or cyclic N) is 1. The molecular formula is C50H62F6N6O5. The Kier molecular flexibility index (Phi) is 17.1. The topological polar surface area (TPSA) is 157 Å². The highest BCUT2D eigenvalue weighted by Gasteiger charge is 2.43. The van der Waals surface area contributed by atoms with Crippen molar-refractivity contribution in [3.63, 3.8) is 0 Å². The number of nitrogens with one attached hydrogen (secondary N) is 3. The summed E-state index contributed by atoms with van der Waals surface area (Å²) in [6, 6.07) is 27.4. The minimum atomic E-state index is -4.42. The van der Waals surface area contributed by atoms with Crippen LogP contribution in [0.25, 0.3) is 0 Å². The number of nitrogens with two attached hydrogens (primary N) is 1. The van der Waals surface area contributed by atoms with Gasteiger partial charge in [0.05, 0.1) is 59.3 Å². The van der Waals surface area contributed by atoms with E-state index in [9.17, 15) is 41.0 Å². The van der Waals surface area contributed by atoms with Crippen LogP contribution in [0.1, 0.15) is 123 Å². The lowest BCUT2D eigenvalue weighted by Gasteiger charge is -2.45. The van der Waals surface area contributed by atoms with Crippen molar-refractivity contribution in [3.05, 3.63) is 158 Å². The van der Waals surface area contributed by atoms with Crippen LogP contribution in [0, 0.1) is 13.8 Å². The van der Waals surface area contributed by atoms with Gasteiger partial charge in [-0.2, -0.15) is 31.4 Å². The number of carbonyl (C=O) groups excluding carboxylic acids is 1. The monoisotopic (exact) mass is 940 g/mol. The molecular weight excluding hydrogens is 879 g/mol. The third kappa shape index (κ3) is 13.4. The molecule has 17 heteroatoms. The number of aromatic nitrogens is 3. The molecule has 0 radical (unpaired) electrons. The Balaban J connectivity index is 0.000000247. The number of carbonyl (C=O) groups is 1. The van der Waals surface area contributed by atoms with Gasteiger partial charge in [0, 0.05) is 19.5 Å². The summed E-state index contributed by atoms with van der Waals surface area (Å²) in [5, 5.41) is 24.1. The highest BCUT2D eigenvalue weighted by molar-refractivity contribution is 5.73. The van der Waals surface area contributed by atoms with E-state index >= 15 is 0 Å². The number of ether oxygens (including phenoxy) is 2. The highest BCUT2D eigenvalue weighted by atomic mass is 19.4. The lowest BCUT2D eigenvalue weighted by atomic mass is 9.76. The average Bonchev–Trinajstić information content (AvgIpc) is 3.72. The molecule has 0 saturated carbocycles. The standard InChI is InChI=1S/C25H31F3N2O3.C24H27F3N4O2.CH4/c1-17-12-19(14-21(13-17)25(26,27)28)18(2)33-16-24(20-6-4-3-5-7-20)11-10-23(32,15-30-24)9-8-22(29)31;1-16-10-18(12-20(11-16)24(25,26)27)17(2)33-14-23(19-6-4-3-5-7-19)9-8-21(13-28-23)31-15-29-30-22(31)32;/h3-7,12-14,18,30,32H,8-11,15-16H2,1-2H3,(H2,29,31);3-7,10-12,15,17,21,28H,8-9,13-14H2,1-2H3,(H,30,32);1H4/t18-,23?,24-;17-,21+,23-;/m11./s1. The molecule has 364 valence electrons. The second kappa shape index (κ2) is 21.7. The first-order chi connectivity index (χ1) is 31.1. The van der Waals surface area contributed by atoms with Crippen LogP contribution in [0.4, 0.5) is 26.3 Å². The van der Waals surface area contributed by atoms with Gasteiger partial charge in [-0.1, -0.05) is 91.3 Å². The fourth-order valence-corrected chi connectivity index (χ4v) is 8.77. The van der Waals surface area contributed by atoms with Gasteiger partial charge in [-0.05, 0) is 106 Å². The van der Waals surface area contributed by atoms with E-state index in [1.807, 2.05) is 60.7 Å². The average molecular weight is 941 g/mol. The van der Waals surface area contributed by atoms with Gasteiger partial charge in [0.2, 0.25) is 5.91 Å². The first-order valence-electron chi connectivity index (χ1n) is 21.9. The largest absolute Gasteiger partial charge is 0.416 e. The number of rotatable bonds is 14. The fraction of sp³-hybridized carbons (Fsp3) is 0.460. The Morgan fingerprint density at radius 3 is 1.67 bits per heavy atom. The molecule has 1 amide bonds. The predicted octanol–water partition coefficient (Wildman–Crippen LogP) is 9.50. The molecule has 0 aliphatic carbocycles. The maximum Gasteiger partial charge on any atom is 0.416 e. The Morgan fingerprint density at radius 1 is 0.791 bits per heavy atom. The SMILES string of the molecule is C.Cc1cc([C@@H](C)OC[C@@]2(c3ccccc3)CCC(O)(CCC(N)=O)CN2)cc(C(F)(F)F)c1.Cc1cc([C@@H](C)OC[C@@]2(c3ccccc3)CC[C@H](n3cn[nH]c3=O)CN2)cc(C(F)(F)F)c1. The summed E-state index contributed by atoms with van der Waals surface area (Å²) < 4.78 is 93.5. The number of aromatic amines is 1. The molecule has 1 unspecified atom stereocenters. The summed E-state index contributed by atoms with van der Waals surface area (Å²) in [6.07, 6.45) is -5.69. The fourth-order valence-electron chi connectivity index (χ4n) is 8.77. The van der Waals surface area contributed by atoms with Crippen LogP contribution in [0.5, 0.6) is 0 Å². The lowest BCUT2D eigenvalue weighted by molar-refractivity contribution is -0.138. The van der Waals surface area contributed by atoms with Crippen LogP contribution in [-0.4, -0.2) is 57.7 Å². The summed E-state index contributed by atoms with van der Waals surface area (Å²) in [5.74, 6) is -0.461. The van der Waals surface area contributed by atoms with E-state index in [-0.39, 0.29) is 51.8 Å². The van der Waals surface area contributed by atoms with Crippen LogP contribution in [0.15, 0.2) is 108 Å². The molecule has 4 aromatic carbocycles. The normalized spacial score (nSPS) is 23.0. The Labute approximate surface area is 387 Å². The molecule has 67 heavy (non-hydrogen) atoms. The van der Waals surface area contributed by atoms with Crippen LogP contribution in [-0.2, 0) is 37.7 Å². The van der Waals surface area contributed by atoms with Gasteiger partial charge in [-0.25, -0.2) is 9.89 Å². The van der Waals surface area contributed by atoms with Crippen molar-refractivity contribution in [2.45, 2.75) is 121 Å². The van der Waals surface area contributed by atoms with Crippen LogP contribution >= 0.6 is 0 Å². The predicted molar refractivity (Wildman–Crippen MR) is 244 cm³/mol. The van der Waals surface area contributed by atoms with Crippen molar-refractivity contribution in [1.82, 2.24) is 25.4 Å². The minimum absolute atomic E-state index is 0. The zero-order chi connectivity index (χ0) is 47.9. The van der Waals surface area contributed by atoms with E-state index in [0.29, 0.717) is 48.1 Å². The Bertz CT molecular complexity index is 2430. The summed E-state index contributed by atoms with van der Waals surface area (Å²) in [4.78, 5) is 23.1. The number of alkyl halides is 6. The van der Waals surface area contributed by atoms with E-state index in [1.54, 1.807) is 44.4 Å². The first kappa shape index (κ1) is 52.6. The van der Waals surface area contributed by atoms with Gasteiger partial charge in [0.1, 0.15) is 6.33 Å². The number of aryl methyl sites for hydroxylation is 2. The molecule has 1 aromatic heterocycles. The van der Waals surface area contributed by atoms with E-state index in [4.69, 9.17) is 15.2 Å². The quantitative estimate of drug-likeness (QED) is 0.0690. The maximum absolute atomic E-state index is 13.3. The van der Waals surface area contributed by atoms with Crippen molar-refractivity contribution in [1.29, 1.82) is 0 Å². The number of halogens is 6. The molecule has 0 spiro atoms. The lowest BCUT2D eigenvalue weighted by Crippen LogP contribution is -2.58. The molecule has 0 bridgehead atoms. The summed E-state index contributed by atoms with van der Waals surface area (Å²) in [7, 11) is 0. The summed E-state index contributed by atoms with van der Waals surface area (Å²) in [5.41, 5.74) is 5.43. The van der Waals surface area contributed by atoms with Crippen molar-refractivity contribution in [3.8, 4) is 0 Å². The van der Waals surface area contributed by atoms with Crippen LogP contribution in [0.2, 0.25) is 0 Å². The number of amides is 1. The molecule has 2 fully saturated rings. The molecule has 2 aliphatic rings. The van der Waals surface area contributed by atoms with Crippen LogP contribution < -0.4 is 22.1 Å². The smallest absolute Gasteiger partial charge is 0.389 e. The third-order valence-corrected chi connectivity index (χ3v) is 12.8. The van der Waals surface area contributed by atoms with Crippen molar-refractivity contribution in [2.75, 3.05) is 26.3 Å². The zero-order valence-corrected chi connectivity index (χ0v) is 37.4. The number of H-pyrrole nitrogens is 1. The van der Waals surface area contributed by atoms with Gasteiger partial charge >= 0.3 is 18.0 Å². The van der Waals surface area contributed by atoms with Crippen molar-refractivity contribution < 1.29 is 45.7 Å². The molecule has 5 aromatic rings. The van der Waals surface area contributed by atoms with E-state index in [2.05, 4.69) is 20.8 Å². The minimum Gasteiger partial charge on any atom is -0.389 e. The van der Waals surface area contributed by atoms with E-state index in [1.165, 1.54) is 6.33 Å². The molecule has 3 heterocycles. The number of aliphatic hydroxyl groups is 1. The van der Waals surface area contributed by atoms with E-state index in [0.717, 1.165) is 41.8 Å². The number of benzene rings is 4. The molecule has 7 rings (SSSR count). The number of nitrogens with zero attached hydrogens (tertiary/aromatic N) is 2. The van der Waals surface area contributed by atoms with Crippen molar-refractivity contribution >= 4 is 5.91 Å². The third-order valence-electron chi connectivity index (χ3n) is 12.8. The zero-order valence-electron chi connectivity index (χ0n) is 37.4. The number of hydrogen-bond acceptors (Lipinski definition) is 8. The summed E-state index contributed by atoms with van der Waals surface area (Å²) >= 11 is 0. The van der Waals surface area contributed by atoms with Gasteiger partial charge in [0.25, 0.3) is 0 Å². The van der Waals surface area contributed by atoms with Gasteiger partial charge in [-0.3, -0.25) is 9.36 Å². The molecule has 6 atom stereocenters. The highest BCUT2D eigenvalue weighted by Crippen LogP contribution is 2.40. The molecule has 11 nitrogen and oxygen atoms in total. The van der Waals surface area contributed by atoms with Gasteiger partial charge < -0.3 is 30.9 Å². The first-order valence-corrected chi connectivity index (χ1v) is 21.9. The van der Waals surface area contributed by atoms with Crippen LogP contribution in [0.3, 0.4) is 0 Å². The number of hydrogen-bond donors (Lipinski definition) is 5. The number of piperidine rings is 2. The molecule has 6 N–H and O–H groups in total. The van der Waals surface area contributed by atoms with Gasteiger partial charge in [0.15, 0.2) is 0 Å². The maximum atomic E-state index is 13.3. The second-order valence-corrected chi connectivity index (χ2v) is 17.7. The molecule has 2 saturated heterocycles. The number of primary amides is 1. The summed E-state index contributed by atoms with van der Waals surface area (Å²) in [6.45, 7) is 8.05. The second-order valence-electron chi connectivity index (χ2n) is 17.7. The Hall–Kier alpha value is -5.33. The van der Waals surface area contributed by atoms with E-state index < -0.39 is 58.3 Å². The Morgan fingerprint density at radius 2 is 1.28 bits per heavy atom. The van der Waals surface area contributed by atoms with Crippen molar-refractivity contribution in [2.24, 2.45) is 5.73 Å². The molecule has 2 aliphatic heterocycles. The van der Waals surface area contributed by atoms with Gasteiger partial charge in [-0.15, -0.1) is 0 Å².